The second kappa shape index (κ2) is 85.6. The summed E-state index contributed by atoms with van der Waals surface area (Å²) in [6.07, 6.45) is 0. The number of alkyl halides is 1. The Morgan fingerprint density at radius 1 is 0.510 bits per heavy atom. The van der Waals surface area contributed by atoms with Gasteiger partial charge in [-0.05, 0) is 66.7 Å². The number of nitrogens with two attached hydrogens (primary N) is 2. The van der Waals surface area contributed by atoms with Crippen LogP contribution in [-0.4, -0.2) is 96.8 Å². The molecule has 6 rings (SSSR count). The molecule has 0 amide bonds. The third-order valence-electron chi connectivity index (χ3n) is 8.02. The number of nitrogen functional groups attached to an aromatic ring is 2. The molecule has 35 heteroatoms. The Labute approximate surface area is 628 Å². The zero-order valence-electron chi connectivity index (χ0n) is 56.4. The van der Waals surface area contributed by atoms with Crippen molar-refractivity contribution in [1.82, 2.24) is 0 Å². The largest absolute Gasteiger partial charge is 1.00 e. The number of hydrogen-bond acceptors (Lipinski definition) is 20. The summed E-state index contributed by atoms with van der Waals surface area (Å²) in [7, 11) is 6.16. The first-order valence-electron chi connectivity index (χ1n) is 26.6. The van der Waals surface area contributed by atoms with Crippen LogP contribution in [0.1, 0.15) is 126 Å². The second-order valence-electron chi connectivity index (χ2n) is 12.6. The van der Waals surface area contributed by atoms with Crippen LogP contribution in [0.3, 0.4) is 0 Å². The van der Waals surface area contributed by atoms with Crippen LogP contribution < -0.4 is 65.1 Å². The van der Waals surface area contributed by atoms with Gasteiger partial charge >= 0.3 is 81.3 Å². The van der Waals surface area contributed by atoms with Crippen LogP contribution in [0.4, 0.5) is 47.3 Å². The molecular weight excluding hydrogens is 1550 g/mol. The monoisotopic (exact) mass is 1640 g/mol. The zero-order valence-corrected chi connectivity index (χ0v) is 63.9. The summed E-state index contributed by atoms with van der Waals surface area (Å²) in [4.78, 5) is 59.9. The molecule has 7 N–H and O–H groups in total. The number of halogens is 7. The van der Waals surface area contributed by atoms with Crippen molar-refractivity contribution in [2.45, 2.75) is 97.9 Å². The van der Waals surface area contributed by atoms with Crippen LogP contribution in [-0.2, 0) is 17.1 Å². The van der Waals surface area contributed by atoms with Gasteiger partial charge in [-0.1, -0.05) is 146 Å². The Balaban J connectivity index is -0.0000000600. The number of aliphatic hydroxyl groups excluding tert-OH is 1. The number of carbonyl (C=O) groups is 2. The van der Waals surface area contributed by atoms with Gasteiger partial charge in [-0.2, -0.15) is 16.8 Å². The number of nitro benzene ring substituents is 4. The van der Waals surface area contributed by atoms with Crippen LogP contribution in [0.25, 0.3) is 0 Å². The molecule has 96 heavy (non-hydrogen) atoms. The summed E-state index contributed by atoms with van der Waals surface area (Å²) in [6.45, 7) is 28.8. The topological polar surface area (TPSA) is 427 Å². The van der Waals surface area contributed by atoms with Crippen molar-refractivity contribution in [2.75, 3.05) is 61.3 Å². The number of benzene rings is 6. The number of ether oxygens (including phenoxy) is 4. The number of nitriles is 1. The van der Waals surface area contributed by atoms with Crippen LogP contribution in [0.2, 0.25) is 0 Å². The number of carboxylic acid groups (broad SMARTS) is 2. The average molecular weight is 1640 g/mol. The minimum Gasteiger partial charge on any atom is -0.857 e. The standard InChI is InChI=1S/C8H6N2O3.C8H7NO5.C8H9NO3.C7H6BrNO3.C6H3BrFNO2.C6H5BrFN.6C2H6.CH3F.CN.CH4O.CH3O.2CH4.ClH.Cu.Na/c1-13-8-4-6(5-9)2-3-7(8)10(11)12;1-14-7-4-5(8(10)11)2-3-6(7)9(12)13;1-12-7-4-5(8(10)11)2-3-6(7)9;1-12-7-4-5(8)2-3-6(7)9(10)11;7-4-1-2-6(9(10)11)5(8)3-4;7-4-1-2-6(9)5(8)3-4;10*1-2;;;;;/h2-4H,1H3;2-4H,1H3,(H,10,11);2-4H,9H2,1H3,(H,10,11);2-4H,1H3;1-3H;1-3H,9H2;6*1-2H3;1H3;;2H,1H3;1H3;2*1H4;1H;;/q;;;;;;;;;;;;;-1;;-1;;;;2*+1/i;;;;;;;;;;;;1D;;;;;;;;. The molecule has 0 atom stereocenters. The number of carboxylic acids is 2. The number of aliphatic hydroxyl groups is 1. The van der Waals surface area contributed by atoms with E-state index in [0.717, 1.165) is 49.0 Å². The van der Waals surface area contributed by atoms with Crippen molar-refractivity contribution in [1.29, 1.82) is 10.5 Å². The molecule has 0 saturated heterocycles. The normalized spacial score (nSPS) is 7.68. The Kier molecular flexibility index (Phi) is 109. The van der Waals surface area contributed by atoms with Crippen LogP contribution in [0.5, 0.6) is 23.0 Å². The van der Waals surface area contributed by atoms with E-state index in [-0.39, 0.29) is 131 Å². The molecule has 0 radical (unpaired) electrons. The maximum Gasteiger partial charge on any atom is 1.00 e. The minimum atomic E-state index is -1.15. The van der Waals surface area contributed by atoms with Crippen molar-refractivity contribution >= 4 is 106 Å². The molecule has 0 aromatic heterocycles. The molecule has 0 bridgehead atoms. The van der Waals surface area contributed by atoms with E-state index in [1.54, 1.807) is 18.2 Å². The van der Waals surface area contributed by atoms with E-state index >= 15 is 0 Å². The first-order chi connectivity index (χ1) is 43.8. The SMILES string of the molecule is C.C.CC.CC.CC.CC.CC.CC.CO.COc1cc(Br)ccc1[N+](=O)[O-].COc1cc(C#N)ccc1[N+](=O)[O-].COc1cc(C(=O)O)ccc1N.COc1cc(C(=O)O)ccc1[N+](=O)[O-].C[O-].Cl.Nc1ccc(Br)cc1F.O=[N+]([O-])c1ccc(Br)cc1F.[2H]CF.[C-]#N.[Cu+].[Na+]. The molecule has 0 unspecified atom stereocenters. The maximum absolute atomic E-state index is 12.6. The van der Waals surface area contributed by atoms with Crippen LogP contribution >= 0.6 is 60.2 Å². The van der Waals surface area contributed by atoms with Crippen molar-refractivity contribution in [2.24, 2.45) is 0 Å². The molecule has 544 valence electrons. The van der Waals surface area contributed by atoms with Gasteiger partial charge in [0.2, 0.25) is 5.82 Å². The first-order valence-corrected chi connectivity index (χ1v) is 28.3. The molecule has 0 aliphatic rings. The summed E-state index contributed by atoms with van der Waals surface area (Å²) in [5.74, 6) is -2.68. The van der Waals surface area contributed by atoms with Gasteiger partial charge in [0.1, 0.15) is 11.6 Å². The predicted molar refractivity (Wildman–Crippen MR) is 377 cm³/mol. The fourth-order valence-corrected chi connectivity index (χ4v) is 5.64. The quantitative estimate of drug-likeness (QED) is 0.0279. The maximum atomic E-state index is 12.6. The fourth-order valence-electron chi connectivity index (χ4n) is 4.64. The van der Waals surface area contributed by atoms with Crippen molar-refractivity contribution in [3.8, 4) is 29.1 Å². The second-order valence-corrected chi connectivity index (χ2v) is 15.3. The third kappa shape index (κ3) is 58.0. The number of methoxy groups -OCH3 is 4. The summed E-state index contributed by atoms with van der Waals surface area (Å²) in [6, 6.07) is 26.2. The van der Waals surface area contributed by atoms with Crippen molar-refractivity contribution < 1.29 is 130 Å². The predicted octanol–water partition coefficient (Wildman–Crippen LogP) is 14.9. The van der Waals surface area contributed by atoms with Gasteiger partial charge in [-0.15, -0.1) is 12.4 Å². The summed E-state index contributed by atoms with van der Waals surface area (Å²) in [5, 5.41) is 88.6. The van der Waals surface area contributed by atoms with E-state index in [0.29, 0.717) is 25.9 Å². The number of nitro groups is 4. The van der Waals surface area contributed by atoms with Crippen LogP contribution in [0, 0.1) is 75.3 Å². The molecule has 0 saturated carbocycles. The number of rotatable bonds is 10. The van der Waals surface area contributed by atoms with E-state index in [4.69, 9.17) is 69.3 Å². The van der Waals surface area contributed by atoms with Gasteiger partial charge in [-0.3, -0.25) is 44.8 Å². The fraction of sp³-hybridized carbons (Fsp3) is 0.344. The van der Waals surface area contributed by atoms with Gasteiger partial charge in [0.15, 0.2) is 17.2 Å². The van der Waals surface area contributed by atoms with Gasteiger partial charge in [0, 0.05) is 63.0 Å². The first kappa shape index (κ1) is 122. The zero-order chi connectivity index (χ0) is 74.8. The third-order valence-corrected chi connectivity index (χ3v) is 9.50. The van der Waals surface area contributed by atoms with Crippen molar-refractivity contribution in [3.63, 3.8) is 0 Å². The molecule has 0 aliphatic heterocycles. The van der Waals surface area contributed by atoms with Gasteiger partial charge in [0.05, 0.1) is 90.8 Å². The Morgan fingerprint density at radius 3 is 1.05 bits per heavy atom. The van der Waals surface area contributed by atoms with Gasteiger partial charge in [-0.25, -0.2) is 14.0 Å². The summed E-state index contributed by atoms with van der Waals surface area (Å²) >= 11 is 9.27. The minimum absolute atomic E-state index is 0. The molecule has 0 fully saturated rings. The van der Waals surface area contributed by atoms with E-state index in [9.17, 15) is 63.2 Å². The van der Waals surface area contributed by atoms with Crippen LogP contribution in [0.15, 0.2) is 123 Å². The molecule has 0 aliphatic carbocycles. The molecule has 0 heterocycles. The van der Waals surface area contributed by atoms with E-state index in [2.05, 4.69) is 47.8 Å². The molecular formula is C61H91Br3ClCuF3N8NaO18. The van der Waals surface area contributed by atoms with Crippen molar-refractivity contribution in [3.05, 3.63) is 198 Å². The Morgan fingerprint density at radius 2 is 0.760 bits per heavy atom. The Bertz CT molecular complexity index is 3050. The summed E-state index contributed by atoms with van der Waals surface area (Å²) < 4.78 is 61.6. The number of nitrogens with zero attached hydrogens (tertiary/aromatic N) is 6. The average Bonchev–Trinajstić information content (AvgIpc) is 1.79. The molecule has 0 spiro atoms. The molecule has 26 nitrogen and oxygen atoms in total. The van der Waals surface area contributed by atoms with Gasteiger partial charge < -0.3 is 62.7 Å². The molecule has 6 aromatic carbocycles. The van der Waals surface area contributed by atoms with E-state index < -0.39 is 50.3 Å². The van der Waals surface area contributed by atoms with E-state index in [1.807, 2.05) is 89.2 Å². The number of anilines is 2. The number of aromatic carboxylic acids is 2. The smallest absolute Gasteiger partial charge is 0.857 e. The molecule has 6 aromatic rings. The Hall–Kier alpha value is -7.40. The van der Waals surface area contributed by atoms with Gasteiger partial charge in [0.25, 0.3) is 0 Å². The number of hydrogen-bond donors (Lipinski definition) is 5. The summed E-state index contributed by atoms with van der Waals surface area (Å²) in [5.41, 5.74) is 10.8. The van der Waals surface area contributed by atoms with E-state index in [1.165, 1.54) is 89.1 Å².